The van der Waals surface area contributed by atoms with Crippen LogP contribution in [0.25, 0.3) is 44.5 Å². The first-order chi connectivity index (χ1) is 29.5. The second-order valence-electron chi connectivity index (χ2n) is 14.1. The molecule has 0 spiro atoms. The molecule has 10 rings (SSSR count). The van der Waals surface area contributed by atoms with E-state index < -0.39 is 5.41 Å². The van der Waals surface area contributed by atoms with Gasteiger partial charge in [0, 0.05) is 22.5 Å². The third-order valence-corrected chi connectivity index (χ3v) is 11.0. The summed E-state index contributed by atoms with van der Waals surface area (Å²) in [4.78, 5) is 1.99. The summed E-state index contributed by atoms with van der Waals surface area (Å²) in [6.07, 6.45) is 0. The van der Waals surface area contributed by atoms with E-state index in [1.807, 2.05) is 83.8 Å². The van der Waals surface area contributed by atoms with E-state index in [1.165, 1.54) is 0 Å². The fraction of sp³-hybridized carbons (Fsp3) is 0.0182. The van der Waals surface area contributed by atoms with Gasteiger partial charge in [0.05, 0.1) is 16.6 Å². The molecule has 0 N–H and O–H groups in total. The Labute approximate surface area is 335 Å². The van der Waals surface area contributed by atoms with Gasteiger partial charge in [-0.3, -0.25) is 0 Å². The minimum absolute atomic E-state index is 0.0970. The summed E-state index contributed by atoms with van der Waals surface area (Å²) < 4.78 is 38.8. The van der Waals surface area contributed by atoms with E-state index in [9.17, 15) is 5.48 Å². The average Bonchev–Trinajstić information content (AvgIpc) is 3.62. The fourth-order valence-corrected chi connectivity index (χ4v) is 8.57. The number of fused-ring (bicyclic) bond motifs is 3. The van der Waals surface area contributed by atoms with Crippen LogP contribution in [0.5, 0.6) is 0 Å². The molecule has 0 saturated carbocycles. The second-order valence-corrected chi connectivity index (χ2v) is 14.1. The molecule has 264 valence electrons. The zero-order chi connectivity index (χ0) is 40.8. The van der Waals surface area contributed by atoms with Gasteiger partial charge in [-0.1, -0.05) is 212 Å². The number of hydrogen-bond donors (Lipinski definition) is 0. The molecule has 1 aliphatic rings. The van der Waals surface area contributed by atoms with Gasteiger partial charge in [0.25, 0.3) is 0 Å². The van der Waals surface area contributed by atoms with Crippen molar-refractivity contribution in [2.45, 2.75) is 5.41 Å². The molecule has 0 fully saturated rings. The van der Waals surface area contributed by atoms with Crippen LogP contribution in [0.2, 0.25) is 0 Å². The number of nitrogens with zero attached hydrogens (tertiary/aromatic N) is 1. The van der Waals surface area contributed by atoms with Crippen LogP contribution < -0.4 is 4.90 Å². The maximum atomic E-state index is 9.86. The highest BCUT2D eigenvalue weighted by Crippen LogP contribution is 2.61. The summed E-state index contributed by atoms with van der Waals surface area (Å²) in [5.74, 6) is 0. The monoisotopic (exact) mass is 717 g/mol. The molecule has 0 aliphatic heterocycles. The maximum Gasteiger partial charge on any atom is 0.0714 e. The van der Waals surface area contributed by atoms with Gasteiger partial charge in [0.1, 0.15) is 0 Å². The smallest absolute Gasteiger partial charge is 0.0714 e. The molecule has 56 heavy (non-hydrogen) atoms. The Morgan fingerprint density at radius 2 is 0.786 bits per heavy atom. The van der Waals surface area contributed by atoms with E-state index in [-0.39, 0.29) is 35.4 Å². The highest BCUT2D eigenvalue weighted by molar-refractivity contribution is 6.03. The first-order valence-electron chi connectivity index (χ1n) is 21.0. The maximum absolute atomic E-state index is 9.86. The largest absolute Gasteiger partial charge is 0.309 e. The van der Waals surface area contributed by atoms with E-state index in [0.29, 0.717) is 11.3 Å². The van der Waals surface area contributed by atoms with Gasteiger partial charge in [0.2, 0.25) is 0 Å². The van der Waals surface area contributed by atoms with E-state index in [4.69, 9.17) is 0 Å². The lowest BCUT2D eigenvalue weighted by Gasteiger charge is -2.35. The highest BCUT2D eigenvalue weighted by atomic mass is 15.1. The van der Waals surface area contributed by atoms with Gasteiger partial charge < -0.3 is 4.90 Å². The van der Waals surface area contributed by atoms with Crippen molar-refractivity contribution >= 4 is 17.1 Å². The first-order valence-corrected chi connectivity index (χ1v) is 19.0. The van der Waals surface area contributed by atoms with Crippen LogP contribution in [0.4, 0.5) is 17.1 Å². The number of hydrogen-bond acceptors (Lipinski definition) is 1. The zero-order valence-corrected chi connectivity index (χ0v) is 30.7. The van der Waals surface area contributed by atoms with E-state index in [2.05, 4.69) is 133 Å². The zero-order valence-electron chi connectivity index (χ0n) is 34.7. The molecule has 0 aromatic heterocycles. The second kappa shape index (κ2) is 14.2. The Morgan fingerprint density at radius 1 is 0.321 bits per heavy atom. The molecule has 9 aromatic carbocycles. The molecule has 0 radical (unpaired) electrons. The van der Waals surface area contributed by atoms with E-state index >= 15 is 0 Å². The predicted octanol–water partition coefficient (Wildman–Crippen LogP) is 14.5. The van der Waals surface area contributed by atoms with E-state index in [0.717, 1.165) is 61.3 Å². The van der Waals surface area contributed by atoms with Gasteiger partial charge in [0.15, 0.2) is 0 Å². The summed E-state index contributed by atoms with van der Waals surface area (Å²) in [6.45, 7) is 0. The molecule has 0 unspecified atom stereocenters. The molecular formula is C55H39N. The van der Waals surface area contributed by atoms with Crippen molar-refractivity contribution in [2.24, 2.45) is 0 Å². The lowest BCUT2D eigenvalue weighted by molar-refractivity contribution is 0.768. The third-order valence-electron chi connectivity index (χ3n) is 11.0. The standard InChI is InChI=1S/C55H39N/c1-6-18-40(19-7-1)42-30-34-47(35-31-42)56(48-36-32-43(33-37-48)41-20-8-2-9-21-41)54-49(44-22-10-3-11-23-44)38-39-52-53(54)50-28-16-17-29-51(50)55(52,45-24-12-4-13-25-45)46-26-14-5-15-27-46/h1-39H/i30D,31D,34D,35D. The van der Waals surface area contributed by atoms with Crippen LogP contribution in [0.3, 0.4) is 0 Å². The van der Waals surface area contributed by atoms with Crippen molar-refractivity contribution in [1.82, 2.24) is 0 Å². The molecule has 0 bridgehead atoms. The van der Waals surface area contributed by atoms with Crippen LogP contribution in [0, 0.1) is 0 Å². The molecule has 9 aromatic rings. The van der Waals surface area contributed by atoms with Crippen molar-refractivity contribution in [3.05, 3.63) is 259 Å². The fourth-order valence-electron chi connectivity index (χ4n) is 8.57. The van der Waals surface area contributed by atoms with Crippen molar-refractivity contribution in [3.8, 4) is 44.5 Å². The lowest BCUT2D eigenvalue weighted by atomic mass is 9.67. The topological polar surface area (TPSA) is 3.24 Å². The summed E-state index contributed by atoms with van der Waals surface area (Å²) in [7, 11) is 0. The molecule has 0 heterocycles. The first kappa shape index (κ1) is 29.2. The van der Waals surface area contributed by atoms with Crippen LogP contribution in [-0.2, 0) is 5.41 Å². The minimum atomic E-state index is -0.715. The quantitative estimate of drug-likeness (QED) is 0.151. The van der Waals surface area contributed by atoms with Crippen molar-refractivity contribution in [3.63, 3.8) is 0 Å². The Hall–Kier alpha value is -7.22. The van der Waals surface area contributed by atoms with Crippen LogP contribution in [0.1, 0.15) is 27.7 Å². The Bertz CT molecular complexity index is 2920. The van der Waals surface area contributed by atoms with Crippen LogP contribution in [-0.4, -0.2) is 0 Å². The van der Waals surface area contributed by atoms with Crippen molar-refractivity contribution < 1.29 is 5.48 Å². The van der Waals surface area contributed by atoms with Gasteiger partial charge >= 0.3 is 0 Å². The number of anilines is 3. The highest BCUT2D eigenvalue weighted by Gasteiger charge is 2.47. The summed E-state index contributed by atoms with van der Waals surface area (Å²) in [6, 6.07) is 71.9. The van der Waals surface area contributed by atoms with E-state index in [1.54, 1.807) is 0 Å². The molecule has 0 saturated heterocycles. The third kappa shape index (κ3) is 5.56. The van der Waals surface area contributed by atoms with Gasteiger partial charge in [-0.25, -0.2) is 0 Å². The molecule has 1 aliphatic carbocycles. The predicted molar refractivity (Wildman–Crippen MR) is 235 cm³/mol. The van der Waals surface area contributed by atoms with Crippen molar-refractivity contribution in [2.75, 3.05) is 4.90 Å². The number of benzene rings is 9. The normalized spacial score (nSPS) is 13.4. The minimum Gasteiger partial charge on any atom is -0.309 e. The van der Waals surface area contributed by atoms with Gasteiger partial charge in [-0.15, -0.1) is 0 Å². The molecule has 1 heteroatoms. The van der Waals surface area contributed by atoms with Crippen LogP contribution >= 0.6 is 0 Å². The molecule has 1 nitrogen and oxygen atoms in total. The molecule has 0 atom stereocenters. The lowest BCUT2D eigenvalue weighted by Crippen LogP contribution is -2.28. The number of rotatable bonds is 8. The molecule has 0 amide bonds. The SMILES string of the molecule is [2H]c1c([2H])c(N(c2ccc(-c3ccccc3)cc2)c2c(-c3ccccc3)ccc3c2-c2ccccc2C3(c2ccccc2)c2ccccc2)c([2H])c([2H])c1-c1ccccc1. The van der Waals surface area contributed by atoms with Crippen molar-refractivity contribution in [1.29, 1.82) is 0 Å². The summed E-state index contributed by atoms with van der Waals surface area (Å²) in [5, 5.41) is 0. The molecular weight excluding hydrogens is 675 g/mol. The van der Waals surface area contributed by atoms with Gasteiger partial charge in [-0.2, -0.15) is 0 Å². The Kier molecular flexibility index (Phi) is 7.40. The average molecular weight is 718 g/mol. The summed E-state index contributed by atoms with van der Waals surface area (Å²) >= 11 is 0. The Balaban J connectivity index is 1.36. The van der Waals surface area contributed by atoms with Crippen LogP contribution in [0.15, 0.2) is 236 Å². The van der Waals surface area contributed by atoms with Gasteiger partial charge in [-0.05, 0) is 79.9 Å². The Morgan fingerprint density at radius 3 is 1.36 bits per heavy atom. The summed E-state index contributed by atoms with van der Waals surface area (Å²) in [5.41, 5.74) is 12.3.